The highest BCUT2D eigenvalue weighted by atomic mass is 31.2. The number of carbonyl (C=O) groups is 4. The van der Waals surface area contributed by atoms with Crippen molar-refractivity contribution in [2.24, 2.45) is 11.8 Å². The van der Waals surface area contributed by atoms with Gasteiger partial charge < -0.3 is 33.8 Å². The van der Waals surface area contributed by atoms with E-state index in [2.05, 4.69) is 41.5 Å². The van der Waals surface area contributed by atoms with E-state index in [1.165, 1.54) is 186 Å². The first-order chi connectivity index (χ1) is 44.4. The summed E-state index contributed by atoms with van der Waals surface area (Å²) in [6, 6.07) is 0. The van der Waals surface area contributed by atoms with Gasteiger partial charge in [0.25, 0.3) is 0 Å². The Labute approximate surface area is 562 Å². The topological polar surface area (TPSA) is 237 Å². The Kier molecular flexibility index (Phi) is 63.7. The average Bonchev–Trinajstić information content (AvgIpc) is 2.63. The van der Waals surface area contributed by atoms with E-state index < -0.39 is 97.5 Å². The largest absolute Gasteiger partial charge is 0.472 e. The molecule has 0 aliphatic rings. The summed E-state index contributed by atoms with van der Waals surface area (Å²) in [5.41, 5.74) is 0. The Hall–Kier alpha value is -1.94. The van der Waals surface area contributed by atoms with Crippen molar-refractivity contribution in [2.75, 3.05) is 39.6 Å². The van der Waals surface area contributed by atoms with Crippen molar-refractivity contribution in [3.63, 3.8) is 0 Å². The summed E-state index contributed by atoms with van der Waals surface area (Å²) in [5.74, 6) is -0.541. The maximum Gasteiger partial charge on any atom is 0.472 e. The number of hydrogen-bond donors (Lipinski definition) is 3. The van der Waals surface area contributed by atoms with Crippen LogP contribution in [0, 0.1) is 11.8 Å². The molecule has 546 valence electrons. The van der Waals surface area contributed by atoms with Gasteiger partial charge >= 0.3 is 39.5 Å². The van der Waals surface area contributed by atoms with Gasteiger partial charge in [0.1, 0.15) is 19.3 Å². The zero-order valence-electron chi connectivity index (χ0n) is 59.9. The molecule has 0 fully saturated rings. The summed E-state index contributed by atoms with van der Waals surface area (Å²) in [6.45, 7) is 9.59. The van der Waals surface area contributed by atoms with Crippen molar-refractivity contribution in [1.29, 1.82) is 0 Å². The molecule has 19 heteroatoms. The van der Waals surface area contributed by atoms with Crippen LogP contribution in [0.3, 0.4) is 0 Å². The lowest BCUT2D eigenvalue weighted by Gasteiger charge is -2.21. The summed E-state index contributed by atoms with van der Waals surface area (Å²) in [5, 5.41) is 10.6. The van der Waals surface area contributed by atoms with Crippen LogP contribution in [0.5, 0.6) is 0 Å². The number of rotatable bonds is 72. The number of hydrogen-bond acceptors (Lipinski definition) is 15. The predicted molar refractivity (Wildman–Crippen MR) is 372 cm³/mol. The highest BCUT2D eigenvalue weighted by Crippen LogP contribution is 2.45. The van der Waals surface area contributed by atoms with Gasteiger partial charge in [-0.2, -0.15) is 0 Å². The summed E-state index contributed by atoms with van der Waals surface area (Å²) < 4.78 is 68.4. The third-order valence-electron chi connectivity index (χ3n) is 17.3. The normalized spacial score (nSPS) is 14.4. The first-order valence-electron chi connectivity index (χ1n) is 38.0. The van der Waals surface area contributed by atoms with Gasteiger partial charge in [0.15, 0.2) is 12.2 Å². The van der Waals surface area contributed by atoms with Gasteiger partial charge in [0.2, 0.25) is 0 Å². The zero-order chi connectivity index (χ0) is 67.9. The Balaban J connectivity index is 5.23. The van der Waals surface area contributed by atoms with Gasteiger partial charge in [-0.05, 0) is 37.5 Å². The van der Waals surface area contributed by atoms with Crippen LogP contribution in [0.2, 0.25) is 0 Å². The third-order valence-corrected chi connectivity index (χ3v) is 19.2. The standard InChI is InChI=1S/C73H142O17P2/c1-7-10-12-14-16-18-19-20-21-22-26-32-38-44-50-56-71(76)84-62-69(90-72(77)57-51-45-39-33-27-24-23-25-30-35-41-47-53-65(4)5)64-88-92(81,82)86-60-67(74)59-85-91(79,80)87-63-68(61-83-70(75)55-49-43-37-17-15-13-11-8-2)89-73(78)58-52-46-40-34-29-28-31-36-42-48-54-66(6)9-3/h65-69,74H,7-64H2,1-6H3,(H,79,80)(H,81,82)/t66?,67-,68+,69+/m0/s1. The molecular weight excluding hydrogens is 1210 g/mol. The highest BCUT2D eigenvalue weighted by molar-refractivity contribution is 7.47. The van der Waals surface area contributed by atoms with Crippen LogP contribution in [0.1, 0.15) is 375 Å². The number of aliphatic hydroxyl groups is 1. The van der Waals surface area contributed by atoms with Crippen LogP contribution in [0.15, 0.2) is 0 Å². The molecule has 92 heavy (non-hydrogen) atoms. The number of carbonyl (C=O) groups excluding carboxylic acids is 4. The Morgan fingerprint density at radius 3 is 0.826 bits per heavy atom. The van der Waals surface area contributed by atoms with E-state index in [0.29, 0.717) is 25.7 Å². The Bertz CT molecular complexity index is 1790. The molecule has 0 spiro atoms. The fourth-order valence-corrected chi connectivity index (χ4v) is 12.7. The number of phosphoric ester groups is 2. The zero-order valence-corrected chi connectivity index (χ0v) is 61.6. The van der Waals surface area contributed by atoms with E-state index in [1.807, 2.05) is 0 Å². The van der Waals surface area contributed by atoms with E-state index in [9.17, 15) is 43.2 Å². The van der Waals surface area contributed by atoms with Gasteiger partial charge in [-0.15, -0.1) is 0 Å². The summed E-state index contributed by atoms with van der Waals surface area (Å²) in [7, 11) is -9.90. The maximum absolute atomic E-state index is 13.1. The molecular formula is C73H142O17P2. The van der Waals surface area contributed by atoms with Gasteiger partial charge in [-0.1, -0.05) is 324 Å². The second kappa shape index (κ2) is 65.0. The van der Waals surface area contributed by atoms with Gasteiger partial charge in [0.05, 0.1) is 26.4 Å². The van der Waals surface area contributed by atoms with Crippen LogP contribution in [0.25, 0.3) is 0 Å². The first-order valence-corrected chi connectivity index (χ1v) is 41.0. The molecule has 0 aromatic carbocycles. The van der Waals surface area contributed by atoms with Crippen LogP contribution >= 0.6 is 15.6 Å². The van der Waals surface area contributed by atoms with Crippen molar-refractivity contribution < 1.29 is 80.2 Å². The molecule has 0 aliphatic heterocycles. The molecule has 0 aromatic rings. The minimum Gasteiger partial charge on any atom is -0.462 e. The molecule has 0 saturated heterocycles. The van der Waals surface area contributed by atoms with Crippen LogP contribution in [-0.2, 0) is 65.4 Å². The highest BCUT2D eigenvalue weighted by Gasteiger charge is 2.30. The average molecular weight is 1350 g/mol. The van der Waals surface area contributed by atoms with Crippen molar-refractivity contribution in [2.45, 2.75) is 394 Å². The quantitative estimate of drug-likeness (QED) is 0.0222. The van der Waals surface area contributed by atoms with E-state index >= 15 is 0 Å². The van der Waals surface area contributed by atoms with Gasteiger partial charge in [-0.25, -0.2) is 9.13 Å². The third kappa shape index (κ3) is 65.4. The van der Waals surface area contributed by atoms with E-state index in [1.54, 1.807) is 0 Å². The van der Waals surface area contributed by atoms with Crippen molar-refractivity contribution in [3.05, 3.63) is 0 Å². The SMILES string of the molecule is CCCCCCCCCCCCCCCCCC(=O)OC[C@H](COP(=O)(O)OC[C@@H](O)COP(=O)(O)OC[C@@H](COC(=O)CCCCCCCCCC)OC(=O)CCCCCCCCCCCCC(C)CC)OC(=O)CCCCCCCCCCCCCCC(C)C. The molecule has 0 heterocycles. The number of unbranched alkanes of at least 4 members (excludes halogenated alkanes) is 41. The summed E-state index contributed by atoms with van der Waals surface area (Å²) in [4.78, 5) is 72.6. The van der Waals surface area contributed by atoms with Crippen LogP contribution in [-0.4, -0.2) is 96.7 Å². The molecule has 0 rings (SSSR count). The Morgan fingerprint density at radius 1 is 0.315 bits per heavy atom. The number of aliphatic hydroxyl groups excluding tert-OH is 1. The van der Waals surface area contributed by atoms with Crippen molar-refractivity contribution in [3.8, 4) is 0 Å². The summed E-state index contributed by atoms with van der Waals surface area (Å²) >= 11 is 0. The second-order valence-corrected chi connectivity index (χ2v) is 30.0. The van der Waals surface area contributed by atoms with Gasteiger partial charge in [-0.3, -0.25) is 37.3 Å². The molecule has 17 nitrogen and oxygen atoms in total. The summed E-state index contributed by atoms with van der Waals surface area (Å²) in [6.07, 6.45) is 51.2. The fourth-order valence-electron chi connectivity index (χ4n) is 11.1. The lowest BCUT2D eigenvalue weighted by molar-refractivity contribution is -0.161. The van der Waals surface area contributed by atoms with E-state index in [4.69, 9.17) is 37.0 Å². The van der Waals surface area contributed by atoms with E-state index in [0.717, 1.165) is 108 Å². The molecule has 3 N–H and O–H groups in total. The lowest BCUT2D eigenvalue weighted by Crippen LogP contribution is -2.30. The van der Waals surface area contributed by atoms with Crippen molar-refractivity contribution in [1.82, 2.24) is 0 Å². The fraction of sp³-hybridized carbons (Fsp3) is 0.945. The molecule has 0 amide bonds. The number of esters is 4. The molecule has 6 atom stereocenters. The number of ether oxygens (including phenoxy) is 4. The first kappa shape index (κ1) is 90.1. The van der Waals surface area contributed by atoms with E-state index in [-0.39, 0.29) is 25.7 Å². The van der Waals surface area contributed by atoms with Crippen molar-refractivity contribution >= 4 is 39.5 Å². The monoisotopic (exact) mass is 1350 g/mol. The van der Waals surface area contributed by atoms with Crippen LogP contribution in [0.4, 0.5) is 0 Å². The maximum atomic E-state index is 13.1. The molecule has 0 radical (unpaired) electrons. The minimum absolute atomic E-state index is 0.106. The number of phosphoric acid groups is 2. The molecule has 0 aliphatic carbocycles. The smallest absolute Gasteiger partial charge is 0.462 e. The molecule has 3 unspecified atom stereocenters. The van der Waals surface area contributed by atoms with Crippen LogP contribution < -0.4 is 0 Å². The molecule has 0 saturated carbocycles. The Morgan fingerprint density at radius 2 is 0.554 bits per heavy atom. The minimum atomic E-state index is -4.95. The second-order valence-electron chi connectivity index (χ2n) is 27.1. The lowest BCUT2D eigenvalue weighted by atomic mass is 9.99. The van der Waals surface area contributed by atoms with Gasteiger partial charge in [0, 0.05) is 25.7 Å². The predicted octanol–water partition coefficient (Wildman–Crippen LogP) is 21.2. The molecule has 0 bridgehead atoms. The molecule has 0 aromatic heterocycles.